The van der Waals surface area contributed by atoms with Gasteiger partial charge in [-0.15, -0.1) is 0 Å². The number of rotatable bonds is 51. The summed E-state index contributed by atoms with van der Waals surface area (Å²) in [4.78, 5) is 26.5. The number of aliphatic hydroxyl groups is 5. The molecule has 1 rings (SSSR count). The minimum absolute atomic E-state index is 0.0961. The second-order valence-corrected chi connectivity index (χ2v) is 21.0. The molecule has 8 unspecified atom stereocenters. The Morgan fingerprint density at radius 3 is 1.37 bits per heavy atom. The van der Waals surface area contributed by atoms with Crippen molar-refractivity contribution in [3.05, 3.63) is 122 Å². The van der Waals surface area contributed by atoms with Crippen molar-refractivity contribution in [3.63, 3.8) is 0 Å². The number of carbonyl (C=O) groups is 2. The summed E-state index contributed by atoms with van der Waals surface area (Å²) in [6, 6.07) is -1.05. The van der Waals surface area contributed by atoms with Crippen LogP contribution in [-0.2, 0) is 23.8 Å². The third kappa shape index (κ3) is 42.6. The molecule has 1 aliphatic rings. The summed E-state index contributed by atoms with van der Waals surface area (Å²) in [5.41, 5.74) is 0. The van der Waals surface area contributed by atoms with Crippen LogP contribution in [0, 0.1) is 0 Å². The van der Waals surface area contributed by atoms with Gasteiger partial charge in [0.1, 0.15) is 24.4 Å². The van der Waals surface area contributed by atoms with Crippen molar-refractivity contribution >= 4 is 11.9 Å². The van der Waals surface area contributed by atoms with Crippen molar-refractivity contribution in [3.8, 4) is 0 Å². The van der Waals surface area contributed by atoms with Gasteiger partial charge in [-0.3, -0.25) is 9.59 Å². The highest BCUT2D eigenvalue weighted by Gasteiger charge is 2.47. The molecule has 0 spiro atoms. The van der Waals surface area contributed by atoms with E-state index in [-0.39, 0.29) is 19.4 Å². The summed E-state index contributed by atoms with van der Waals surface area (Å²) in [6.07, 6.45) is 65.2. The fourth-order valence-corrected chi connectivity index (χ4v) is 8.96. The number of hydrogen-bond donors (Lipinski definition) is 6. The molecule has 6 N–H and O–H groups in total. The van der Waals surface area contributed by atoms with Gasteiger partial charge in [0, 0.05) is 6.42 Å². The third-order valence-corrected chi connectivity index (χ3v) is 13.9. The number of allylic oxidation sites excluding steroid dienone is 19. The van der Waals surface area contributed by atoms with Gasteiger partial charge in [-0.05, 0) is 109 Å². The van der Waals surface area contributed by atoms with Gasteiger partial charge < -0.3 is 45.1 Å². The Morgan fingerprint density at radius 2 is 0.911 bits per heavy atom. The molecule has 1 fully saturated rings. The van der Waals surface area contributed by atoms with Gasteiger partial charge in [0.25, 0.3) is 0 Å². The molecule has 1 saturated heterocycles. The lowest BCUT2D eigenvalue weighted by Gasteiger charge is -2.41. The van der Waals surface area contributed by atoms with E-state index in [0.29, 0.717) is 12.8 Å². The van der Waals surface area contributed by atoms with Gasteiger partial charge in [-0.2, -0.15) is 0 Å². The van der Waals surface area contributed by atoms with E-state index in [1.807, 2.05) is 6.08 Å². The summed E-state index contributed by atoms with van der Waals surface area (Å²) >= 11 is 0. The topological polar surface area (TPSA) is 175 Å². The van der Waals surface area contributed by atoms with E-state index in [0.717, 1.165) is 141 Å². The van der Waals surface area contributed by atoms with E-state index in [9.17, 15) is 35.1 Å². The van der Waals surface area contributed by atoms with Crippen LogP contribution in [-0.4, -0.2) is 99.6 Å². The first-order chi connectivity index (χ1) is 38.7. The minimum atomic E-state index is -1.63. The predicted octanol–water partition coefficient (Wildman–Crippen LogP) is 15.1. The van der Waals surface area contributed by atoms with Crippen LogP contribution in [0.1, 0.15) is 233 Å². The highest BCUT2D eigenvalue weighted by atomic mass is 16.7. The molecule has 0 aromatic heterocycles. The van der Waals surface area contributed by atoms with Gasteiger partial charge in [0.2, 0.25) is 5.91 Å². The Balaban J connectivity index is 2.65. The molecule has 0 aromatic carbocycles. The fraction of sp³-hybridized carbons (Fsp3) is 0.676. The van der Waals surface area contributed by atoms with E-state index in [2.05, 4.69) is 135 Å². The number of unbranched alkanes of at least 4 members (excludes halogenated alkanes) is 19. The Kier molecular flexibility index (Phi) is 50.5. The molecule has 0 saturated carbocycles. The summed E-state index contributed by atoms with van der Waals surface area (Å²) in [7, 11) is 0. The quantitative estimate of drug-likeness (QED) is 0.0195. The van der Waals surface area contributed by atoms with E-state index in [4.69, 9.17) is 14.2 Å². The molecular weight excluding hydrogens is 991 g/mol. The number of carbonyl (C=O) groups excluding carboxylic acids is 2. The van der Waals surface area contributed by atoms with Crippen LogP contribution in [0.4, 0.5) is 0 Å². The molecule has 11 nitrogen and oxygen atoms in total. The van der Waals surface area contributed by atoms with Crippen molar-refractivity contribution in [1.29, 1.82) is 0 Å². The number of hydrogen-bond acceptors (Lipinski definition) is 10. The lowest BCUT2D eigenvalue weighted by Crippen LogP contribution is -2.61. The van der Waals surface area contributed by atoms with Crippen molar-refractivity contribution in [2.45, 2.75) is 282 Å². The summed E-state index contributed by atoms with van der Waals surface area (Å²) in [5, 5.41) is 56.9. The normalized spacial score (nSPS) is 19.7. The zero-order chi connectivity index (χ0) is 57.5. The number of nitrogens with one attached hydrogen (secondary N) is 1. The van der Waals surface area contributed by atoms with Crippen LogP contribution < -0.4 is 5.32 Å². The molecule has 1 heterocycles. The van der Waals surface area contributed by atoms with Gasteiger partial charge in [-0.25, -0.2) is 0 Å². The number of esters is 1. The van der Waals surface area contributed by atoms with E-state index in [1.54, 1.807) is 6.08 Å². The van der Waals surface area contributed by atoms with E-state index in [1.165, 1.54) is 44.9 Å². The Morgan fingerprint density at radius 1 is 0.506 bits per heavy atom. The monoisotopic (exact) mass is 1100 g/mol. The van der Waals surface area contributed by atoms with Crippen LogP contribution in [0.25, 0.3) is 0 Å². The SMILES string of the molecule is CC/C=C\C/C=C\C/C=C\C/C=C\C/C=C\C/C=C\CCCCCCCCC(=O)OC1C(OCC(NC(=O)C(O)CCCCC/C=C/C/C=C/C/C=C/CC)C(O)/C=C/CCCCCCCCCCCC)OC(CO)C(O)C1O. The van der Waals surface area contributed by atoms with Gasteiger partial charge >= 0.3 is 5.97 Å². The maximum absolute atomic E-state index is 13.4. The van der Waals surface area contributed by atoms with Crippen LogP contribution in [0.3, 0.4) is 0 Å². The van der Waals surface area contributed by atoms with Gasteiger partial charge in [0.05, 0.1) is 25.4 Å². The highest BCUT2D eigenvalue weighted by molar-refractivity contribution is 5.80. The van der Waals surface area contributed by atoms with Crippen LogP contribution in [0.15, 0.2) is 122 Å². The molecule has 0 aromatic rings. The smallest absolute Gasteiger partial charge is 0.306 e. The van der Waals surface area contributed by atoms with E-state index >= 15 is 0 Å². The zero-order valence-corrected chi connectivity index (χ0v) is 49.7. The fourth-order valence-electron chi connectivity index (χ4n) is 8.96. The lowest BCUT2D eigenvalue weighted by atomic mass is 9.99. The molecular formula is C68H113NO10. The second kappa shape index (κ2) is 54.6. The van der Waals surface area contributed by atoms with Crippen LogP contribution >= 0.6 is 0 Å². The molecule has 0 aliphatic carbocycles. The summed E-state index contributed by atoms with van der Waals surface area (Å²) in [6.45, 7) is 5.52. The van der Waals surface area contributed by atoms with Crippen molar-refractivity contribution in [2.75, 3.05) is 13.2 Å². The Hall–Kier alpha value is -3.94. The third-order valence-electron chi connectivity index (χ3n) is 13.9. The standard InChI is InChI=1S/C68H113NO10/c1-4-7-10-13-16-19-22-25-26-27-28-29-30-31-32-33-34-35-36-38-41-44-47-50-53-56-63(73)79-66-65(75)64(74)62(57-70)78-68(66)77-58-59(60(71)54-51-48-45-42-39-24-21-18-15-12-9-6-3)69-67(76)61(72)55-52-49-46-43-40-37-23-20-17-14-11-8-5-2/h7-8,10-11,16-17,19-20,25-26,28-29,31-32,34-35,37,40,51,54,59-62,64-66,68,70-72,74-75H,4-6,9,12-15,18,21-24,27,30,33,36,38-39,41-50,52-53,55-58H2,1-3H3,(H,69,76)/b10-7-,11-8+,19-16-,20-17+,26-25-,29-28-,32-31-,35-34-,40-37+,54-51+. The molecule has 11 heteroatoms. The Bertz CT molecular complexity index is 1740. The maximum Gasteiger partial charge on any atom is 0.306 e. The molecule has 79 heavy (non-hydrogen) atoms. The number of amides is 1. The molecule has 0 radical (unpaired) electrons. The largest absolute Gasteiger partial charge is 0.454 e. The first-order valence-corrected chi connectivity index (χ1v) is 31.3. The summed E-state index contributed by atoms with van der Waals surface area (Å²) in [5.74, 6) is -1.24. The highest BCUT2D eigenvalue weighted by Crippen LogP contribution is 2.26. The maximum atomic E-state index is 13.4. The molecule has 450 valence electrons. The molecule has 1 aliphatic heterocycles. The first-order valence-electron chi connectivity index (χ1n) is 31.3. The van der Waals surface area contributed by atoms with Crippen molar-refractivity contribution < 1.29 is 49.3 Å². The van der Waals surface area contributed by atoms with E-state index < -0.39 is 67.4 Å². The van der Waals surface area contributed by atoms with Gasteiger partial charge in [0.15, 0.2) is 12.4 Å². The Labute approximate surface area is 480 Å². The predicted molar refractivity (Wildman–Crippen MR) is 328 cm³/mol. The van der Waals surface area contributed by atoms with Crippen molar-refractivity contribution in [2.24, 2.45) is 0 Å². The molecule has 1 amide bonds. The number of ether oxygens (including phenoxy) is 3. The van der Waals surface area contributed by atoms with Gasteiger partial charge in [-0.1, -0.05) is 239 Å². The zero-order valence-electron chi connectivity index (χ0n) is 49.7. The average molecular weight is 1100 g/mol. The first kappa shape index (κ1) is 73.1. The molecule has 8 atom stereocenters. The lowest BCUT2D eigenvalue weighted by molar-refractivity contribution is -0.305. The molecule has 0 bridgehead atoms. The summed E-state index contributed by atoms with van der Waals surface area (Å²) < 4.78 is 17.6. The van der Waals surface area contributed by atoms with Crippen LogP contribution in [0.5, 0.6) is 0 Å². The second-order valence-electron chi connectivity index (χ2n) is 21.0. The number of aliphatic hydroxyl groups excluding tert-OH is 5. The average Bonchev–Trinajstić information content (AvgIpc) is 3.49. The minimum Gasteiger partial charge on any atom is -0.454 e. The van der Waals surface area contributed by atoms with Crippen LogP contribution in [0.2, 0.25) is 0 Å². The van der Waals surface area contributed by atoms with Crippen molar-refractivity contribution in [1.82, 2.24) is 5.32 Å².